The Labute approximate surface area is 84.3 Å². The second-order valence-electron chi connectivity index (χ2n) is 2.74. The van der Waals surface area contributed by atoms with Crippen LogP contribution in [-0.2, 0) is 0 Å². The summed E-state index contributed by atoms with van der Waals surface area (Å²) in [5.74, 6) is 0.201. The molecule has 1 aromatic carbocycles. The number of anilines is 1. The highest BCUT2D eigenvalue weighted by Gasteiger charge is 2.09. The Morgan fingerprint density at radius 3 is 2.79 bits per heavy atom. The second kappa shape index (κ2) is 3.31. The van der Waals surface area contributed by atoms with Crippen molar-refractivity contribution in [2.45, 2.75) is 0 Å². The van der Waals surface area contributed by atoms with E-state index in [2.05, 4.69) is 5.16 Å². The Bertz CT molecular complexity index is 470. The molecule has 0 saturated carbocycles. The van der Waals surface area contributed by atoms with E-state index in [1.165, 1.54) is 24.3 Å². The minimum atomic E-state index is -0.389. The number of aromatic nitrogens is 1. The Morgan fingerprint density at radius 2 is 2.14 bits per heavy atom. The van der Waals surface area contributed by atoms with Crippen molar-refractivity contribution in [3.63, 3.8) is 0 Å². The quantitative estimate of drug-likeness (QED) is 0.791. The first-order valence-corrected chi connectivity index (χ1v) is 4.22. The fourth-order valence-corrected chi connectivity index (χ4v) is 1.31. The third kappa shape index (κ3) is 1.56. The number of hydrogen-bond donors (Lipinski definition) is 1. The number of rotatable bonds is 1. The number of nitrogens with zero attached hydrogens (tertiary/aromatic N) is 1. The van der Waals surface area contributed by atoms with Crippen LogP contribution in [0, 0.1) is 5.82 Å². The molecule has 2 rings (SSSR count). The van der Waals surface area contributed by atoms with Gasteiger partial charge in [-0.1, -0.05) is 16.8 Å². The molecule has 0 unspecified atom stereocenters. The molecular formula is C9H6ClFN2O. The second-order valence-corrected chi connectivity index (χ2v) is 3.15. The zero-order valence-electron chi connectivity index (χ0n) is 7.00. The zero-order chi connectivity index (χ0) is 10.1. The van der Waals surface area contributed by atoms with Crippen molar-refractivity contribution in [3.8, 4) is 11.3 Å². The summed E-state index contributed by atoms with van der Waals surface area (Å²) in [6.45, 7) is 0. The molecule has 1 heterocycles. The van der Waals surface area contributed by atoms with E-state index in [9.17, 15) is 4.39 Å². The molecule has 0 radical (unpaired) electrons. The Balaban J connectivity index is 2.55. The summed E-state index contributed by atoms with van der Waals surface area (Å²) < 4.78 is 17.7. The third-order valence-electron chi connectivity index (χ3n) is 1.72. The minimum Gasteiger partial charge on any atom is -0.381 e. The Morgan fingerprint density at radius 1 is 1.36 bits per heavy atom. The van der Waals surface area contributed by atoms with Crippen LogP contribution in [0.3, 0.4) is 0 Å². The zero-order valence-corrected chi connectivity index (χ0v) is 7.75. The van der Waals surface area contributed by atoms with Gasteiger partial charge < -0.3 is 10.3 Å². The van der Waals surface area contributed by atoms with E-state index < -0.39 is 0 Å². The van der Waals surface area contributed by atoms with Crippen LogP contribution < -0.4 is 5.73 Å². The molecule has 0 aliphatic carbocycles. The van der Waals surface area contributed by atoms with E-state index in [1.807, 2.05) is 0 Å². The highest BCUT2D eigenvalue weighted by molar-refractivity contribution is 6.33. The summed E-state index contributed by atoms with van der Waals surface area (Å²) in [5, 5.41) is 3.88. The Kier molecular flexibility index (Phi) is 2.13. The largest absolute Gasteiger partial charge is 0.381 e. The van der Waals surface area contributed by atoms with Crippen molar-refractivity contribution in [1.82, 2.24) is 5.16 Å². The van der Waals surface area contributed by atoms with Crippen molar-refractivity contribution in [1.29, 1.82) is 0 Å². The number of halogens is 2. The molecule has 5 heteroatoms. The van der Waals surface area contributed by atoms with E-state index in [0.717, 1.165) is 0 Å². The van der Waals surface area contributed by atoms with Crippen LogP contribution in [0.1, 0.15) is 0 Å². The first-order chi connectivity index (χ1) is 6.66. The lowest BCUT2D eigenvalue weighted by molar-refractivity contribution is 0.435. The fourth-order valence-electron chi connectivity index (χ4n) is 1.10. The van der Waals surface area contributed by atoms with Gasteiger partial charge in [-0.15, -0.1) is 0 Å². The minimum absolute atomic E-state index is 0.236. The standard InChI is InChI=1S/C9H6ClFN2O/c10-7-2-1-5(11)3-6(7)8-4-9(12)13-14-8/h1-4H,(H2,12,13). The molecule has 72 valence electrons. The molecule has 14 heavy (non-hydrogen) atoms. The monoisotopic (exact) mass is 212 g/mol. The normalized spacial score (nSPS) is 10.4. The lowest BCUT2D eigenvalue weighted by Gasteiger charge is -1.98. The number of hydrogen-bond acceptors (Lipinski definition) is 3. The van der Waals surface area contributed by atoms with Crippen LogP contribution in [0.4, 0.5) is 10.2 Å². The molecule has 1 aromatic heterocycles. The van der Waals surface area contributed by atoms with Gasteiger partial charge in [-0.3, -0.25) is 0 Å². The summed E-state index contributed by atoms with van der Waals surface area (Å²) in [4.78, 5) is 0. The first kappa shape index (κ1) is 9.02. The molecule has 0 spiro atoms. The topological polar surface area (TPSA) is 52.0 Å². The van der Waals surface area contributed by atoms with Crippen LogP contribution in [0.15, 0.2) is 28.8 Å². The van der Waals surface area contributed by atoms with Crippen molar-refractivity contribution in [3.05, 3.63) is 35.1 Å². The molecule has 0 aliphatic rings. The lowest BCUT2D eigenvalue weighted by Crippen LogP contribution is -1.81. The van der Waals surface area contributed by atoms with Gasteiger partial charge in [-0.2, -0.15) is 0 Å². The van der Waals surface area contributed by atoms with E-state index in [4.69, 9.17) is 21.9 Å². The number of benzene rings is 1. The van der Waals surface area contributed by atoms with Crippen LogP contribution in [0.5, 0.6) is 0 Å². The van der Waals surface area contributed by atoms with Crippen LogP contribution in [0.2, 0.25) is 5.02 Å². The van der Waals surface area contributed by atoms with E-state index in [0.29, 0.717) is 16.3 Å². The van der Waals surface area contributed by atoms with Crippen molar-refractivity contribution < 1.29 is 8.91 Å². The summed E-state index contributed by atoms with van der Waals surface area (Å²) in [6, 6.07) is 5.47. The predicted octanol–water partition coefficient (Wildman–Crippen LogP) is 2.72. The summed E-state index contributed by atoms with van der Waals surface area (Å²) in [5.41, 5.74) is 5.80. The maximum Gasteiger partial charge on any atom is 0.170 e. The molecular weight excluding hydrogens is 207 g/mol. The molecule has 0 saturated heterocycles. The van der Waals surface area contributed by atoms with Crippen LogP contribution >= 0.6 is 11.6 Å². The molecule has 0 amide bonds. The van der Waals surface area contributed by atoms with Gasteiger partial charge in [0.2, 0.25) is 0 Å². The van der Waals surface area contributed by atoms with Crippen molar-refractivity contribution >= 4 is 17.4 Å². The fraction of sp³-hybridized carbons (Fsp3) is 0. The molecule has 0 aliphatic heterocycles. The highest BCUT2D eigenvalue weighted by atomic mass is 35.5. The van der Waals surface area contributed by atoms with Gasteiger partial charge >= 0.3 is 0 Å². The highest BCUT2D eigenvalue weighted by Crippen LogP contribution is 2.29. The average molecular weight is 213 g/mol. The van der Waals surface area contributed by atoms with Gasteiger partial charge in [0.1, 0.15) is 5.82 Å². The van der Waals surface area contributed by atoms with E-state index >= 15 is 0 Å². The van der Waals surface area contributed by atoms with Gasteiger partial charge in [0.15, 0.2) is 11.6 Å². The maximum absolute atomic E-state index is 12.9. The van der Waals surface area contributed by atoms with Gasteiger partial charge in [0.05, 0.1) is 5.02 Å². The molecule has 0 bridgehead atoms. The Hall–Kier alpha value is -1.55. The number of nitrogens with two attached hydrogens (primary N) is 1. The first-order valence-electron chi connectivity index (χ1n) is 3.84. The van der Waals surface area contributed by atoms with Gasteiger partial charge in [0.25, 0.3) is 0 Å². The van der Waals surface area contributed by atoms with Crippen molar-refractivity contribution in [2.24, 2.45) is 0 Å². The van der Waals surface area contributed by atoms with Gasteiger partial charge in [-0.25, -0.2) is 4.39 Å². The molecule has 0 atom stereocenters. The summed E-state index contributed by atoms with van der Waals surface area (Å²) in [6.07, 6.45) is 0. The van der Waals surface area contributed by atoms with Gasteiger partial charge in [-0.05, 0) is 18.2 Å². The molecule has 0 fully saturated rings. The summed E-state index contributed by atoms with van der Waals surface area (Å²) in [7, 11) is 0. The lowest BCUT2D eigenvalue weighted by atomic mass is 10.1. The molecule has 2 aromatic rings. The van der Waals surface area contributed by atoms with E-state index in [-0.39, 0.29) is 11.6 Å². The predicted molar refractivity (Wildman–Crippen MR) is 51.3 cm³/mol. The number of nitrogen functional groups attached to an aromatic ring is 1. The van der Waals surface area contributed by atoms with E-state index in [1.54, 1.807) is 0 Å². The smallest absolute Gasteiger partial charge is 0.170 e. The SMILES string of the molecule is Nc1cc(-c2cc(F)ccc2Cl)on1. The maximum atomic E-state index is 12.9. The van der Waals surface area contributed by atoms with Gasteiger partial charge in [0, 0.05) is 11.6 Å². The average Bonchev–Trinajstić information content (AvgIpc) is 2.56. The van der Waals surface area contributed by atoms with Crippen LogP contribution in [-0.4, -0.2) is 5.16 Å². The molecule has 2 N–H and O–H groups in total. The summed E-state index contributed by atoms with van der Waals surface area (Å²) >= 11 is 5.84. The van der Waals surface area contributed by atoms with Crippen LogP contribution in [0.25, 0.3) is 11.3 Å². The third-order valence-corrected chi connectivity index (χ3v) is 2.05. The van der Waals surface area contributed by atoms with Crippen molar-refractivity contribution in [2.75, 3.05) is 5.73 Å². The molecule has 3 nitrogen and oxygen atoms in total.